The van der Waals surface area contributed by atoms with Crippen molar-refractivity contribution in [3.05, 3.63) is 62.4 Å². The number of rotatable bonds is 4. The lowest BCUT2D eigenvalue weighted by Crippen LogP contribution is -2.37. The first kappa shape index (κ1) is 19.5. The van der Waals surface area contributed by atoms with E-state index in [2.05, 4.69) is 30.8 Å². The summed E-state index contributed by atoms with van der Waals surface area (Å²) in [4.78, 5) is 26.4. The second-order valence-electron chi connectivity index (χ2n) is 8.62. The fourth-order valence-electron chi connectivity index (χ4n) is 3.55. The van der Waals surface area contributed by atoms with Crippen molar-refractivity contribution >= 4 is 0 Å². The maximum atomic E-state index is 12.2. The normalized spacial score (nSPS) is 16.6. The molecule has 146 valence electrons. The Morgan fingerprint density at radius 2 is 1.74 bits per heavy atom. The summed E-state index contributed by atoms with van der Waals surface area (Å²) in [5.41, 5.74) is 1.93. The molecule has 27 heavy (non-hydrogen) atoms. The van der Waals surface area contributed by atoms with Crippen LogP contribution in [0.25, 0.3) is 0 Å². The average Bonchev–Trinajstić information content (AvgIpc) is 2.61. The van der Waals surface area contributed by atoms with Gasteiger partial charge < -0.3 is 4.57 Å². The van der Waals surface area contributed by atoms with Gasteiger partial charge in [-0.15, -0.1) is 0 Å². The predicted molar refractivity (Wildman–Crippen MR) is 107 cm³/mol. The molecule has 0 radical (unpaired) electrons. The van der Waals surface area contributed by atoms with Gasteiger partial charge in [0.05, 0.1) is 5.69 Å². The molecule has 6 nitrogen and oxygen atoms in total. The van der Waals surface area contributed by atoms with E-state index in [0.29, 0.717) is 12.5 Å². The summed E-state index contributed by atoms with van der Waals surface area (Å²) in [6.07, 6.45) is 2.07. The standard InChI is InChI=1S/C21H30N4O2/c1-21(2,3)18-8-9-20(27)25(22-18)14-16-10-12-24(13-11-16)15-17-6-5-7-19(26)23(17)4/h5-9,16H,10-15H2,1-4H3. The van der Waals surface area contributed by atoms with Gasteiger partial charge in [0, 0.05) is 43.4 Å². The molecule has 1 aliphatic heterocycles. The number of pyridine rings is 1. The monoisotopic (exact) mass is 370 g/mol. The van der Waals surface area contributed by atoms with Crippen molar-refractivity contribution in [2.24, 2.45) is 13.0 Å². The smallest absolute Gasteiger partial charge is 0.266 e. The molecule has 0 amide bonds. The predicted octanol–water partition coefficient (Wildman–Crippen LogP) is 2.15. The second kappa shape index (κ2) is 7.80. The van der Waals surface area contributed by atoms with Crippen molar-refractivity contribution in [2.75, 3.05) is 13.1 Å². The Balaban J connectivity index is 1.61. The molecule has 2 aromatic heterocycles. The quantitative estimate of drug-likeness (QED) is 0.827. The Morgan fingerprint density at radius 3 is 2.41 bits per heavy atom. The van der Waals surface area contributed by atoms with Crippen LogP contribution in [0.15, 0.2) is 39.9 Å². The number of aromatic nitrogens is 3. The number of hydrogen-bond acceptors (Lipinski definition) is 4. The molecule has 3 heterocycles. The van der Waals surface area contributed by atoms with E-state index in [1.165, 1.54) is 0 Å². The van der Waals surface area contributed by atoms with Gasteiger partial charge in [-0.3, -0.25) is 14.5 Å². The first-order valence-electron chi connectivity index (χ1n) is 9.70. The first-order valence-corrected chi connectivity index (χ1v) is 9.70. The van der Waals surface area contributed by atoms with Crippen LogP contribution in [0.4, 0.5) is 0 Å². The lowest BCUT2D eigenvalue weighted by atomic mass is 9.92. The van der Waals surface area contributed by atoms with Crippen molar-refractivity contribution in [3.8, 4) is 0 Å². The zero-order valence-corrected chi connectivity index (χ0v) is 16.8. The molecule has 0 N–H and O–H groups in total. The minimum atomic E-state index is -0.0650. The minimum absolute atomic E-state index is 0.0234. The van der Waals surface area contributed by atoms with Crippen LogP contribution in [0.3, 0.4) is 0 Å². The van der Waals surface area contributed by atoms with Gasteiger partial charge in [0.15, 0.2) is 0 Å². The number of piperidine rings is 1. The Labute approximate surface area is 160 Å². The second-order valence-corrected chi connectivity index (χ2v) is 8.62. The van der Waals surface area contributed by atoms with Gasteiger partial charge in [-0.1, -0.05) is 26.8 Å². The molecule has 0 aromatic carbocycles. The Bertz CT molecular complexity index is 899. The molecule has 0 unspecified atom stereocenters. The summed E-state index contributed by atoms with van der Waals surface area (Å²) in [5, 5.41) is 4.60. The third-order valence-corrected chi connectivity index (χ3v) is 5.45. The summed E-state index contributed by atoms with van der Waals surface area (Å²) in [5.74, 6) is 0.460. The lowest BCUT2D eigenvalue weighted by molar-refractivity contribution is 0.160. The van der Waals surface area contributed by atoms with Gasteiger partial charge in [-0.25, -0.2) is 4.68 Å². The third-order valence-electron chi connectivity index (χ3n) is 5.45. The van der Waals surface area contributed by atoms with Crippen LogP contribution in [0.5, 0.6) is 0 Å². The molecular weight excluding hydrogens is 340 g/mol. The molecular formula is C21H30N4O2. The highest BCUT2D eigenvalue weighted by Gasteiger charge is 2.22. The molecule has 3 rings (SSSR count). The van der Waals surface area contributed by atoms with E-state index in [0.717, 1.165) is 43.9 Å². The Hall–Kier alpha value is -2.21. The van der Waals surface area contributed by atoms with Crippen LogP contribution >= 0.6 is 0 Å². The van der Waals surface area contributed by atoms with Crippen molar-refractivity contribution in [3.63, 3.8) is 0 Å². The number of nitrogens with zero attached hydrogens (tertiary/aromatic N) is 4. The summed E-state index contributed by atoms with van der Waals surface area (Å²) in [7, 11) is 1.82. The largest absolute Gasteiger partial charge is 0.314 e. The molecule has 1 saturated heterocycles. The number of likely N-dealkylation sites (tertiary alicyclic amines) is 1. The van der Waals surface area contributed by atoms with Crippen LogP contribution in [-0.4, -0.2) is 32.3 Å². The summed E-state index contributed by atoms with van der Waals surface area (Å²) in [6.45, 7) is 9.75. The zero-order chi connectivity index (χ0) is 19.6. The van der Waals surface area contributed by atoms with Gasteiger partial charge in [-0.2, -0.15) is 5.10 Å². The van der Waals surface area contributed by atoms with Gasteiger partial charge >= 0.3 is 0 Å². The Kier molecular flexibility index (Phi) is 5.65. The van der Waals surface area contributed by atoms with Gasteiger partial charge in [0.25, 0.3) is 5.56 Å². The van der Waals surface area contributed by atoms with Gasteiger partial charge in [0.1, 0.15) is 0 Å². The van der Waals surface area contributed by atoms with Crippen LogP contribution in [0.2, 0.25) is 0 Å². The molecule has 1 fully saturated rings. The van der Waals surface area contributed by atoms with E-state index in [1.807, 2.05) is 25.2 Å². The molecule has 0 atom stereocenters. The summed E-state index contributed by atoms with van der Waals surface area (Å²) in [6, 6.07) is 8.90. The molecule has 1 aliphatic rings. The van der Waals surface area contributed by atoms with E-state index in [9.17, 15) is 9.59 Å². The van der Waals surface area contributed by atoms with Crippen molar-refractivity contribution < 1.29 is 0 Å². The molecule has 0 spiro atoms. The summed E-state index contributed by atoms with van der Waals surface area (Å²) < 4.78 is 3.36. The number of hydrogen-bond donors (Lipinski definition) is 0. The van der Waals surface area contributed by atoms with Gasteiger partial charge in [-0.05, 0) is 44.0 Å². The van der Waals surface area contributed by atoms with Crippen molar-refractivity contribution in [1.29, 1.82) is 0 Å². The highest BCUT2D eigenvalue weighted by molar-refractivity contribution is 5.10. The van der Waals surface area contributed by atoms with Crippen LogP contribution < -0.4 is 11.1 Å². The highest BCUT2D eigenvalue weighted by atomic mass is 16.1. The van der Waals surface area contributed by atoms with Crippen LogP contribution in [0.1, 0.15) is 45.0 Å². The van der Waals surface area contributed by atoms with Gasteiger partial charge in [0.2, 0.25) is 5.56 Å². The third kappa shape index (κ3) is 4.75. The van der Waals surface area contributed by atoms with E-state index in [4.69, 9.17) is 0 Å². The molecule has 0 saturated carbocycles. The zero-order valence-electron chi connectivity index (χ0n) is 16.8. The summed E-state index contributed by atoms with van der Waals surface area (Å²) >= 11 is 0. The maximum absolute atomic E-state index is 12.2. The molecule has 6 heteroatoms. The van der Waals surface area contributed by atoms with E-state index >= 15 is 0 Å². The maximum Gasteiger partial charge on any atom is 0.266 e. The topological polar surface area (TPSA) is 60.1 Å². The SMILES string of the molecule is Cn1c(CN2CCC(Cn3nc(C(C)(C)C)ccc3=O)CC2)cccc1=O. The highest BCUT2D eigenvalue weighted by Crippen LogP contribution is 2.21. The van der Waals surface area contributed by atoms with Crippen molar-refractivity contribution in [1.82, 2.24) is 19.2 Å². The van der Waals surface area contributed by atoms with Crippen molar-refractivity contribution in [2.45, 2.75) is 52.1 Å². The fourth-order valence-corrected chi connectivity index (χ4v) is 3.55. The molecule has 0 aliphatic carbocycles. The average molecular weight is 370 g/mol. The molecule has 2 aromatic rings. The fraction of sp³-hybridized carbons (Fsp3) is 0.571. The van der Waals surface area contributed by atoms with E-state index in [-0.39, 0.29) is 16.5 Å². The Morgan fingerprint density at radius 1 is 1.04 bits per heavy atom. The van der Waals surface area contributed by atoms with E-state index < -0.39 is 0 Å². The minimum Gasteiger partial charge on any atom is -0.314 e. The van der Waals surface area contributed by atoms with Crippen LogP contribution in [-0.2, 0) is 25.6 Å². The van der Waals surface area contributed by atoms with E-state index in [1.54, 1.807) is 21.4 Å². The first-order chi connectivity index (χ1) is 12.7. The lowest BCUT2D eigenvalue weighted by Gasteiger charge is -2.32. The van der Waals surface area contributed by atoms with Crippen LogP contribution in [0, 0.1) is 5.92 Å². The molecule has 0 bridgehead atoms.